The Morgan fingerprint density at radius 3 is 2.42 bits per heavy atom. The van der Waals surface area contributed by atoms with Gasteiger partial charge >= 0.3 is 0 Å². The molecule has 1 aromatic heterocycles. The fourth-order valence-electron chi connectivity index (χ4n) is 4.07. The zero-order valence-corrected chi connectivity index (χ0v) is 18.6. The van der Waals surface area contributed by atoms with Crippen molar-refractivity contribution in [2.45, 2.75) is 25.8 Å². The molecule has 0 unspecified atom stereocenters. The molecule has 1 amide bonds. The van der Waals surface area contributed by atoms with Gasteiger partial charge in [-0.3, -0.25) is 9.59 Å². The Hall–Kier alpha value is -3.12. The van der Waals surface area contributed by atoms with Gasteiger partial charge in [-0.25, -0.2) is 0 Å². The largest absolute Gasteiger partial charge is 0.497 e. The first-order valence-corrected chi connectivity index (χ1v) is 10.5. The molecule has 3 aromatic rings. The second-order valence-corrected chi connectivity index (χ2v) is 8.56. The fourth-order valence-corrected chi connectivity index (χ4v) is 4.07. The van der Waals surface area contributed by atoms with Gasteiger partial charge in [-0.15, -0.1) is 0 Å². The van der Waals surface area contributed by atoms with E-state index in [0.29, 0.717) is 41.3 Å². The van der Waals surface area contributed by atoms with Crippen LogP contribution in [0, 0.1) is 0 Å². The zero-order chi connectivity index (χ0) is 22.3. The smallest absolute Gasteiger partial charge is 0.290 e. The van der Waals surface area contributed by atoms with Crippen LogP contribution >= 0.6 is 0 Å². The summed E-state index contributed by atoms with van der Waals surface area (Å²) in [6, 6.07) is 12.8. The monoisotopic (exact) mass is 420 g/mol. The lowest BCUT2D eigenvalue weighted by molar-refractivity contribution is 0.0716. The lowest BCUT2D eigenvalue weighted by atomic mass is 9.95. The number of likely N-dealkylation sites (N-methyl/N-ethyl adjacent to an activating group) is 1. The number of carbonyl (C=O) groups is 1. The number of ether oxygens (including phenoxy) is 1. The van der Waals surface area contributed by atoms with Crippen molar-refractivity contribution < 1.29 is 13.9 Å². The summed E-state index contributed by atoms with van der Waals surface area (Å²) in [5.74, 6) is 0.853. The van der Waals surface area contributed by atoms with E-state index in [9.17, 15) is 9.59 Å². The number of amides is 1. The maximum absolute atomic E-state index is 13.5. The van der Waals surface area contributed by atoms with Gasteiger partial charge in [0.1, 0.15) is 11.3 Å². The Bertz CT molecular complexity index is 1180. The molecule has 162 valence electrons. The van der Waals surface area contributed by atoms with Crippen LogP contribution < -0.4 is 10.2 Å². The summed E-state index contributed by atoms with van der Waals surface area (Å²) in [7, 11) is 5.48. The molecule has 6 nitrogen and oxygen atoms in total. The van der Waals surface area contributed by atoms with Crippen molar-refractivity contribution in [1.82, 2.24) is 9.80 Å². The predicted molar refractivity (Wildman–Crippen MR) is 121 cm³/mol. The molecule has 0 saturated heterocycles. The molecule has 0 N–H and O–H groups in total. The summed E-state index contributed by atoms with van der Waals surface area (Å²) in [5.41, 5.74) is 2.73. The molecule has 0 saturated carbocycles. The van der Waals surface area contributed by atoms with E-state index in [2.05, 4.69) is 26.0 Å². The van der Waals surface area contributed by atoms with Crippen LogP contribution in [-0.2, 0) is 0 Å². The molecule has 0 fully saturated rings. The highest BCUT2D eigenvalue weighted by Crippen LogP contribution is 2.38. The fraction of sp³-hybridized carbons (Fsp3) is 0.360. The summed E-state index contributed by atoms with van der Waals surface area (Å²) in [4.78, 5) is 30.6. The number of hydrogen-bond donors (Lipinski definition) is 0. The van der Waals surface area contributed by atoms with Crippen LogP contribution in [0.5, 0.6) is 5.75 Å². The normalized spacial score (nSPS) is 15.9. The number of nitrogens with zero attached hydrogens (tertiary/aromatic N) is 2. The summed E-state index contributed by atoms with van der Waals surface area (Å²) in [6.45, 7) is 5.46. The maximum Gasteiger partial charge on any atom is 0.290 e. The van der Waals surface area contributed by atoms with E-state index in [1.165, 1.54) is 5.56 Å². The van der Waals surface area contributed by atoms with E-state index in [1.54, 1.807) is 30.2 Å². The van der Waals surface area contributed by atoms with E-state index in [1.807, 2.05) is 31.1 Å². The number of carbonyl (C=O) groups excluding carboxylic acids is 1. The zero-order valence-electron chi connectivity index (χ0n) is 18.6. The Labute approximate surface area is 182 Å². The average molecular weight is 421 g/mol. The highest BCUT2D eigenvalue weighted by atomic mass is 16.5. The molecular weight excluding hydrogens is 392 g/mol. The van der Waals surface area contributed by atoms with E-state index >= 15 is 0 Å². The summed E-state index contributed by atoms with van der Waals surface area (Å²) < 4.78 is 11.3. The lowest BCUT2D eigenvalue weighted by Gasteiger charge is -2.26. The van der Waals surface area contributed by atoms with Gasteiger partial charge in [0.05, 0.1) is 24.1 Å². The van der Waals surface area contributed by atoms with E-state index in [-0.39, 0.29) is 17.1 Å². The molecule has 2 aromatic carbocycles. The van der Waals surface area contributed by atoms with Gasteiger partial charge in [-0.2, -0.15) is 0 Å². The molecule has 0 radical (unpaired) electrons. The third kappa shape index (κ3) is 3.72. The third-order valence-corrected chi connectivity index (χ3v) is 5.88. The number of fused-ring (bicyclic) bond motifs is 2. The Balaban J connectivity index is 1.90. The molecule has 1 aliphatic heterocycles. The van der Waals surface area contributed by atoms with Crippen molar-refractivity contribution >= 4 is 16.9 Å². The Morgan fingerprint density at radius 1 is 1.10 bits per heavy atom. The highest BCUT2D eigenvalue weighted by molar-refractivity contribution is 5.99. The average Bonchev–Trinajstić information content (AvgIpc) is 3.04. The summed E-state index contributed by atoms with van der Waals surface area (Å²) in [5, 5.41) is 0.450. The molecule has 1 atom stereocenters. The molecule has 4 rings (SSSR count). The van der Waals surface area contributed by atoms with Gasteiger partial charge in [0, 0.05) is 19.2 Å². The molecule has 0 bridgehead atoms. The molecule has 31 heavy (non-hydrogen) atoms. The molecule has 6 heteroatoms. The van der Waals surface area contributed by atoms with Crippen molar-refractivity contribution in [3.05, 3.63) is 75.1 Å². The number of benzene rings is 2. The minimum absolute atomic E-state index is 0.127. The van der Waals surface area contributed by atoms with Gasteiger partial charge in [0.2, 0.25) is 5.76 Å². The quantitative estimate of drug-likeness (QED) is 0.602. The van der Waals surface area contributed by atoms with Crippen LogP contribution in [0.25, 0.3) is 11.0 Å². The first-order chi connectivity index (χ1) is 14.8. The van der Waals surface area contributed by atoms with Crippen LogP contribution in [-0.4, -0.2) is 50.0 Å². The first-order valence-electron chi connectivity index (χ1n) is 10.5. The van der Waals surface area contributed by atoms with Crippen molar-refractivity contribution in [3.8, 4) is 5.75 Å². The van der Waals surface area contributed by atoms with Crippen molar-refractivity contribution in [2.75, 3.05) is 34.3 Å². The van der Waals surface area contributed by atoms with Crippen LogP contribution in [0.2, 0.25) is 0 Å². The van der Waals surface area contributed by atoms with Crippen molar-refractivity contribution in [2.24, 2.45) is 0 Å². The van der Waals surface area contributed by atoms with Crippen LogP contribution in [0.3, 0.4) is 0 Å². The number of hydrogen-bond acceptors (Lipinski definition) is 5. The minimum Gasteiger partial charge on any atom is -0.497 e. The number of methoxy groups -OCH3 is 1. The molecule has 0 aliphatic carbocycles. The highest BCUT2D eigenvalue weighted by Gasteiger charge is 2.42. The summed E-state index contributed by atoms with van der Waals surface area (Å²) >= 11 is 0. The van der Waals surface area contributed by atoms with Crippen LogP contribution in [0.15, 0.2) is 51.7 Å². The minimum atomic E-state index is -0.466. The first kappa shape index (κ1) is 21.1. The molecule has 2 heterocycles. The van der Waals surface area contributed by atoms with Crippen molar-refractivity contribution in [3.63, 3.8) is 0 Å². The second kappa shape index (κ2) is 8.19. The Morgan fingerprint density at radius 2 is 1.81 bits per heavy atom. The van der Waals surface area contributed by atoms with Gasteiger partial charge in [-0.1, -0.05) is 38.1 Å². The third-order valence-electron chi connectivity index (χ3n) is 5.88. The maximum atomic E-state index is 13.5. The molecule has 0 spiro atoms. The van der Waals surface area contributed by atoms with Gasteiger partial charge in [-0.05, 0) is 43.3 Å². The van der Waals surface area contributed by atoms with Gasteiger partial charge in [0.25, 0.3) is 5.91 Å². The topological polar surface area (TPSA) is 63.0 Å². The lowest BCUT2D eigenvalue weighted by Crippen LogP contribution is -2.35. The SMILES string of the molecule is COc1ccc2c(=O)c3c(oc2c1)C(=O)N(CCN(C)C)[C@@H]3c1ccc(C(C)C)cc1. The van der Waals surface area contributed by atoms with E-state index in [4.69, 9.17) is 9.15 Å². The standard InChI is InChI=1S/C25H28N2O4/c1-15(2)16-6-8-17(9-7-16)22-21-23(28)19-11-10-18(30-5)14-20(19)31-24(21)25(29)27(22)13-12-26(3)4/h6-11,14-15,22H,12-13H2,1-5H3/t22-/m1/s1. The van der Waals surface area contributed by atoms with Crippen LogP contribution in [0.1, 0.15) is 53.1 Å². The summed E-state index contributed by atoms with van der Waals surface area (Å²) in [6.07, 6.45) is 0. The predicted octanol–water partition coefficient (Wildman–Crippen LogP) is 4.03. The van der Waals surface area contributed by atoms with Gasteiger partial charge in [0.15, 0.2) is 5.43 Å². The van der Waals surface area contributed by atoms with Gasteiger partial charge < -0.3 is 19.0 Å². The molecular formula is C25H28N2O4. The second-order valence-electron chi connectivity index (χ2n) is 8.56. The van der Waals surface area contributed by atoms with Crippen LogP contribution in [0.4, 0.5) is 0 Å². The number of rotatable bonds is 6. The van der Waals surface area contributed by atoms with Crippen molar-refractivity contribution in [1.29, 1.82) is 0 Å². The molecule has 1 aliphatic rings. The van der Waals surface area contributed by atoms with E-state index in [0.717, 1.165) is 5.56 Å². The van der Waals surface area contributed by atoms with E-state index < -0.39 is 6.04 Å². The Kier molecular flexibility index (Phi) is 5.58.